The van der Waals surface area contributed by atoms with Crippen LogP contribution in [0.25, 0.3) is 0 Å². The van der Waals surface area contributed by atoms with Crippen molar-refractivity contribution >= 4 is 5.91 Å². The van der Waals surface area contributed by atoms with E-state index in [1.807, 2.05) is 6.92 Å². The monoisotopic (exact) mass is 239 g/mol. The Kier molecular flexibility index (Phi) is 4.27. The number of likely N-dealkylation sites (tertiary alicyclic amines) is 1. The van der Waals surface area contributed by atoms with Gasteiger partial charge in [0.1, 0.15) is 0 Å². The highest BCUT2D eigenvalue weighted by Crippen LogP contribution is 2.44. The van der Waals surface area contributed by atoms with E-state index in [0.717, 1.165) is 18.9 Å². The summed E-state index contributed by atoms with van der Waals surface area (Å²) in [7, 11) is 0. The van der Waals surface area contributed by atoms with Crippen molar-refractivity contribution in [3.63, 3.8) is 0 Å². The fraction of sp³-hybridized carbons (Fsp3) is 0.933. The van der Waals surface area contributed by atoms with Gasteiger partial charge in [0.25, 0.3) is 0 Å². The molecule has 1 aliphatic rings. The van der Waals surface area contributed by atoms with Crippen molar-refractivity contribution in [1.29, 1.82) is 0 Å². The van der Waals surface area contributed by atoms with Crippen molar-refractivity contribution in [2.24, 2.45) is 11.3 Å². The highest BCUT2D eigenvalue weighted by molar-refractivity contribution is 5.76. The molecule has 0 radical (unpaired) electrons. The third-order valence-electron chi connectivity index (χ3n) is 4.39. The smallest absolute Gasteiger partial charge is 0.222 e. The summed E-state index contributed by atoms with van der Waals surface area (Å²) >= 11 is 0. The molecule has 1 rings (SSSR count). The number of hydrogen-bond acceptors (Lipinski definition) is 1. The fourth-order valence-corrected chi connectivity index (χ4v) is 3.20. The molecule has 100 valence electrons. The van der Waals surface area contributed by atoms with E-state index < -0.39 is 0 Å². The van der Waals surface area contributed by atoms with E-state index >= 15 is 0 Å². The Hall–Kier alpha value is -0.530. The molecule has 0 spiro atoms. The first-order valence-corrected chi connectivity index (χ1v) is 7.05. The van der Waals surface area contributed by atoms with Crippen LogP contribution in [0.5, 0.6) is 0 Å². The Morgan fingerprint density at radius 2 is 1.82 bits per heavy atom. The summed E-state index contributed by atoms with van der Waals surface area (Å²) in [5.41, 5.74) is 0.290. The summed E-state index contributed by atoms with van der Waals surface area (Å²) in [4.78, 5) is 14.2. The highest BCUT2D eigenvalue weighted by Gasteiger charge is 2.45. The van der Waals surface area contributed by atoms with Crippen LogP contribution in [0.3, 0.4) is 0 Å². The van der Waals surface area contributed by atoms with Crippen LogP contribution < -0.4 is 0 Å². The predicted octanol–water partition coefficient (Wildman–Crippen LogP) is 3.85. The van der Waals surface area contributed by atoms with Crippen LogP contribution in [-0.4, -0.2) is 22.9 Å². The second-order valence-electron chi connectivity index (χ2n) is 6.82. The second-order valence-corrected chi connectivity index (χ2v) is 6.82. The van der Waals surface area contributed by atoms with Gasteiger partial charge in [0.15, 0.2) is 0 Å². The predicted molar refractivity (Wildman–Crippen MR) is 72.9 cm³/mol. The van der Waals surface area contributed by atoms with Crippen molar-refractivity contribution in [2.45, 2.75) is 72.8 Å². The molecular weight excluding hydrogens is 210 g/mol. The molecule has 1 unspecified atom stereocenters. The molecule has 1 amide bonds. The average molecular weight is 239 g/mol. The van der Waals surface area contributed by atoms with Gasteiger partial charge >= 0.3 is 0 Å². The zero-order chi connectivity index (χ0) is 13.3. The molecule has 0 bridgehead atoms. The van der Waals surface area contributed by atoms with Crippen molar-refractivity contribution < 1.29 is 4.79 Å². The minimum Gasteiger partial charge on any atom is -0.337 e. The molecule has 2 heteroatoms. The molecule has 1 saturated heterocycles. The maximum Gasteiger partial charge on any atom is 0.222 e. The van der Waals surface area contributed by atoms with Gasteiger partial charge in [-0.05, 0) is 31.6 Å². The van der Waals surface area contributed by atoms with E-state index in [4.69, 9.17) is 0 Å². The molecule has 0 aromatic carbocycles. The zero-order valence-electron chi connectivity index (χ0n) is 12.5. The SMILES string of the molecule is CCCC1CC(C)(C)N(C(=O)CC)CC1(C)C. The quantitative estimate of drug-likeness (QED) is 0.732. The van der Waals surface area contributed by atoms with Gasteiger partial charge in [0, 0.05) is 18.5 Å². The van der Waals surface area contributed by atoms with Gasteiger partial charge in [0.05, 0.1) is 0 Å². The first-order chi connectivity index (χ1) is 7.74. The molecule has 1 heterocycles. The van der Waals surface area contributed by atoms with Crippen LogP contribution in [0, 0.1) is 11.3 Å². The molecule has 1 atom stereocenters. The molecule has 17 heavy (non-hydrogen) atoms. The van der Waals surface area contributed by atoms with E-state index in [1.165, 1.54) is 12.8 Å². The lowest BCUT2D eigenvalue weighted by Crippen LogP contribution is -2.58. The number of rotatable bonds is 3. The van der Waals surface area contributed by atoms with Crippen LogP contribution in [0.4, 0.5) is 0 Å². The van der Waals surface area contributed by atoms with Crippen LogP contribution in [0.15, 0.2) is 0 Å². The lowest BCUT2D eigenvalue weighted by molar-refractivity contribution is -0.145. The standard InChI is InChI=1S/C15H29NO/c1-7-9-12-10-15(5,6)16(13(17)8-2)11-14(12,3)4/h12H,7-11H2,1-6H3. The molecular formula is C15H29NO. The molecule has 1 aliphatic heterocycles. The van der Waals surface area contributed by atoms with Crippen molar-refractivity contribution in [2.75, 3.05) is 6.54 Å². The van der Waals surface area contributed by atoms with Gasteiger partial charge < -0.3 is 4.90 Å². The third-order valence-corrected chi connectivity index (χ3v) is 4.39. The first kappa shape index (κ1) is 14.5. The molecule has 2 nitrogen and oxygen atoms in total. The molecule has 0 aromatic heterocycles. The maximum absolute atomic E-state index is 12.1. The highest BCUT2D eigenvalue weighted by atomic mass is 16.2. The molecule has 0 aromatic rings. The van der Waals surface area contributed by atoms with Crippen molar-refractivity contribution in [3.05, 3.63) is 0 Å². The Morgan fingerprint density at radius 3 is 2.29 bits per heavy atom. The maximum atomic E-state index is 12.1. The zero-order valence-corrected chi connectivity index (χ0v) is 12.5. The van der Waals surface area contributed by atoms with Crippen LogP contribution in [0.1, 0.15) is 67.2 Å². The van der Waals surface area contributed by atoms with Gasteiger partial charge in [0.2, 0.25) is 5.91 Å². The van der Waals surface area contributed by atoms with Crippen molar-refractivity contribution in [3.8, 4) is 0 Å². The number of amides is 1. The molecule has 0 aliphatic carbocycles. The second kappa shape index (κ2) is 4.99. The molecule has 0 N–H and O–H groups in total. The minimum atomic E-state index is 0.0302. The van der Waals surface area contributed by atoms with Crippen LogP contribution in [-0.2, 0) is 4.79 Å². The normalized spacial score (nSPS) is 26.9. The van der Waals surface area contributed by atoms with E-state index in [9.17, 15) is 4.79 Å². The molecule has 1 fully saturated rings. The Balaban J connectivity index is 2.90. The van der Waals surface area contributed by atoms with Gasteiger partial charge in [-0.3, -0.25) is 4.79 Å². The number of piperidine rings is 1. The van der Waals surface area contributed by atoms with Gasteiger partial charge in [-0.15, -0.1) is 0 Å². The first-order valence-electron chi connectivity index (χ1n) is 7.05. The summed E-state index contributed by atoms with van der Waals surface area (Å²) in [6.45, 7) is 14.2. The summed E-state index contributed by atoms with van der Waals surface area (Å²) in [6.07, 6.45) is 4.29. The Bertz CT molecular complexity index is 281. The van der Waals surface area contributed by atoms with E-state index in [2.05, 4.69) is 39.5 Å². The number of hydrogen-bond donors (Lipinski definition) is 0. The van der Waals surface area contributed by atoms with Gasteiger partial charge in [-0.25, -0.2) is 0 Å². The summed E-state index contributed by atoms with van der Waals surface area (Å²) < 4.78 is 0. The number of carbonyl (C=O) groups is 1. The van der Waals surface area contributed by atoms with Gasteiger partial charge in [-0.1, -0.05) is 40.5 Å². The average Bonchev–Trinajstić information content (AvgIpc) is 2.22. The lowest BCUT2D eigenvalue weighted by atomic mass is 9.66. The summed E-state index contributed by atoms with van der Waals surface area (Å²) in [6, 6.07) is 0. The summed E-state index contributed by atoms with van der Waals surface area (Å²) in [5.74, 6) is 1.04. The minimum absolute atomic E-state index is 0.0302. The number of carbonyl (C=O) groups excluding carboxylic acids is 1. The Morgan fingerprint density at radius 1 is 1.24 bits per heavy atom. The summed E-state index contributed by atoms with van der Waals surface area (Å²) in [5, 5.41) is 0. The van der Waals surface area contributed by atoms with E-state index in [0.29, 0.717) is 12.3 Å². The van der Waals surface area contributed by atoms with Crippen LogP contribution in [0.2, 0.25) is 0 Å². The lowest BCUT2D eigenvalue weighted by Gasteiger charge is -2.53. The largest absolute Gasteiger partial charge is 0.337 e. The third kappa shape index (κ3) is 3.02. The van der Waals surface area contributed by atoms with E-state index in [-0.39, 0.29) is 11.0 Å². The number of nitrogens with zero attached hydrogens (tertiary/aromatic N) is 1. The molecule has 0 saturated carbocycles. The fourth-order valence-electron chi connectivity index (χ4n) is 3.20. The topological polar surface area (TPSA) is 20.3 Å². The van der Waals surface area contributed by atoms with Crippen molar-refractivity contribution in [1.82, 2.24) is 4.90 Å². The van der Waals surface area contributed by atoms with E-state index in [1.54, 1.807) is 0 Å². The Labute approximate surface area is 107 Å². The van der Waals surface area contributed by atoms with Gasteiger partial charge in [-0.2, -0.15) is 0 Å². The van der Waals surface area contributed by atoms with Crippen LogP contribution >= 0.6 is 0 Å².